The Hall–Kier alpha value is -2.28. The van der Waals surface area contributed by atoms with Gasteiger partial charge in [0.2, 0.25) is 0 Å². The van der Waals surface area contributed by atoms with Crippen LogP contribution in [0.1, 0.15) is 47.4 Å². The average Bonchev–Trinajstić information content (AvgIpc) is 3.46. The first kappa shape index (κ1) is 21.0. The minimum atomic E-state index is -1.30. The first-order valence-electron chi connectivity index (χ1n) is 9.48. The Bertz CT molecular complexity index is 1210. The number of carboxylic acids is 1. The molecule has 1 saturated carbocycles. The van der Waals surface area contributed by atoms with E-state index in [4.69, 9.17) is 34.8 Å². The molecule has 1 aliphatic carbocycles. The van der Waals surface area contributed by atoms with E-state index in [1.807, 2.05) is 6.92 Å². The highest BCUT2D eigenvalue weighted by atomic mass is 35.5. The van der Waals surface area contributed by atoms with Crippen molar-refractivity contribution in [1.82, 2.24) is 14.3 Å². The summed E-state index contributed by atoms with van der Waals surface area (Å²) in [4.78, 5) is 24.8. The number of carbonyl (C=O) groups is 1. The molecule has 0 atom stereocenters. The second kappa shape index (κ2) is 8.10. The van der Waals surface area contributed by atoms with E-state index in [-0.39, 0.29) is 16.3 Å². The van der Waals surface area contributed by atoms with Crippen molar-refractivity contribution in [3.05, 3.63) is 72.7 Å². The van der Waals surface area contributed by atoms with Crippen molar-refractivity contribution in [2.24, 2.45) is 0 Å². The lowest BCUT2D eigenvalue weighted by molar-refractivity contribution is 0.0695. The fraction of sp³-hybridized carbons (Fsp3) is 0.286. The second-order valence-electron chi connectivity index (χ2n) is 7.21. The topological polar surface area (TPSA) is 77.1 Å². The van der Waals surface area contributed by atoms with Crippen LogP contribution in [0, 0.1) is 0 Å². The predicted molar refractivity (Wildman–Crippen MR) is 117 cm³/mol. The molecule has 0 spiro atoms. The molecule has 4 rings (SSSR count). The second-order valence-corrected chi connectivity index (χ2v) is 8.43. The number of carboxylic acid groups (broad SMARTS) is 1. The number of aromatic nitrogens is 3. The number of nitrogens with zero attached hydrogens (tertiary/aromatic N) is 3. The summed E-state index contributed by atoms with van der Waals surface area (Å²) in [5.74, 6) is -0.926. The van der Waals surface area contributed by atoms with Crippen molar-refractivity contribution in [3.63, 3.8) is 0 Å². The molecule has 6 nitrogen and oxygen atoms in total. The Morgan fingerprint density at radius 1 is 1.17 bits per heavy atom. The molecule has 0 aliphatic heterocycles. The van der Waals surface area contributed by atoms with E-state index < -0.39 is 11.4 Å². The summed E-state index contributed by atoms with van der Waals surface area (Å²) >= 11 is 18.5. The van der Waals surface area contributed by atoms with Crippen LogP contribution in [-0.2, 0) is 13.1 Å². The van der Waals surface area contributed by atoms with E-state index in [9.17, 15) is 14.7 Å². The van der Waals surface area contributed by atoms with Crippen LogP contribution in [0.15, 0.2) is 35.3 Å². The molecule has 30 heavy (non-hydrogen) atoms. The highest BCUT2D eigenvalue weighted by molar-refractivity contribution is 6.42. The van der Waals surface area contributed by atoms with Crippen molar-refractivity contribution >= 4 is 40.8 Å². The monoisotopic (exact) mass is 465 g/mol. The average molecular weight is 467 g/mol. The van der Waals surface area contributed by atoms with Gasteiger partial charge in [0, 0.05) is 29.8 Å². The molecule has 1 aliphatic rings. The Morgan fingerprint density at radius 2 is 1.90 bits per heavy atom. The van der Waals surface area contributed by atoms with Gasteiger partial charge in [-0.1, -0.05) is 40.9 Å². The van der Waals surface area contributed by atoms with Crippen molar-refractivity contribution in [1.29, 1.82) is 0 Å². The molecule has 2 heterocycles. The molecule has 1 aromatic carbocycles. The maximum absolute atomic E-state index is 12.8. The zero-order chi connectivity index (χ0) is 21.6. The fourth-order valence-electron chi connectivity index (χ4n) is 3.75. The van der Waals surface area contributed by atoms with E-state index in [0.717, 1.165) is 18.5 Å². The molecule has 156 valence electrons. The van der Waals surface area contributed by atoms with Crippen LogP contribution in [-0.4, -0.2) is 25.4 Å². The normalized spacial score (nSPS) is 13.6. The number of benzene rings is 1. The lowest BCUT2D eigenvalue weighted by Gasteiger charge is -2.20. The lowest BCUT2D eigenvalue weighted by Crippen LogP contribution is -2.25. The molecule has 1 N–H and O–H groups in total. The molecule has 0 saturated heterocycles. The smallest absolute Gasteiger partial charge is 0.341 e. The standard InChI is InChI=1S/C21H18Cl3N3O3/c1-2-26-13(10-27-19(11-3-4-11)16(24)9-25-27)8-17(28)18(21(29)30)20(26)12-5-6-14(22)15(23)7-12/h5-9,11H,2-4,10H2,1H3,(H,29,30). The summed E-state index contributed by atoms with van der Waals surface area (Å²) in [5.41, 5.74) is 1.50. The van der Waals surface area contributed by atoms with Crippen molar-refractivity contribution < 1.29 is 9.90 Å². The van der Waals surface area contributed by atoms with Crippen LogP contribution >= 0.6 is 34.8 Å². The van der Waals surface area contributed by atoms with Crippen LogP contribution in [0.4, 0.5) is 0 Å². The number of aromatic carboxylic acids is 1. The maximum atomic E-state index is 12.8. The lowest BCUT2D eigenvalue weighted by atomic mass is 10.0. The molecule has 0 bridgehead atoms. The first-order valence-corrected chi connectivity index (χ1v) is 10.6. The highest BCUT2D eigenvalue weighted by Crippen LogP contribution is 2.43. The maximum Gasteiger partial charge on any atom is 0.341 e. The largest absolute Gasteiger partial charge is 0.477 e. The van der Waals surface area contributed by atoms with Crippen LogP contribution in [0.3, 0.4) is 0 Å². The van der Waals surface area contributed by atoms with Gasteiger partial charge in [-0.3, -0.25) is 9.48 Å². The number of hydrogen-bond donors (Lipinski definition) is 1. The molecule has 1 fully saturated rings. The van der Waals surface area contributed by atoms with Crippen LogP contribution < -0.4 is 5.43 Å². The highest BCUT2D eigenvalue weighted by Gasteiger charge is 2.30. The van der Waals surface area contributed by atoms with E-state index in [2.05, 4.69) is 5.10 Å². The minimum Gasteiger partial charge on any atom is -0.477 e. The van der Waals surface area contributed by atoms with Gasteiger partial charge in [0.15, 0.2) is 5.43 Å². The van der Waals surface area contributed by atoms with Crippen LogP contribution in [0.5, 0.6) is 0 Å². The van der Waals surface area contributed by atoms with Gasteiger partial charge in [-0.25, -0.2) is 4.79 Å². The van der Waals surface area contributed by atoms with Gasteiger partial charge in [-0.15, -0.1) is 0 Å². The zero-order valence-corrected chi connectivity index (χ0v) is 18.3. The zero-order valence-electron chi connectivity index (χ0n) is 16.0. The molecule has 0 unspecified atom stereocenters. The quantitative estimate of drug-likeness (QED) is 0.533. The Morgan fingerprint density at radius 3 is 2.50 bits per heavy atom. The number of halogens is 3. The number of hydrogen-bond acceptors (Lipinski definition) is 3. The molecular weight excluding hydrogens is 449 g/mol. The summed E-state index contributed by atoms with van der Waals surface area (Å²) in [5, 5.41) is 15.4. The molecule has 0 amide bonds. The fourth-order valence-corrected chi connectivity index (χ4v) is 4.35. The Labute approximate surface area is 187 Å². The number of pyridine rings is 1. The first-order chi connectivity index (χ1) is 14.3. The van der Waals surface area contributed by atoms with E-state index >= 15 is 0 Å². The van der Waals surface area contributed by atoms with E-state index in [0.29, 0.717) is 40.3 Å². The SMILES string of the molecule is CCn1c(Cn2ncc(Cl)c2C2CC2)cc(=O)c(C(=O)O)c1-c1ccc(Cl)c(Cl)c1. The van der Waals surface area contributed by atoms with Crippen LogP contribution in [0.2, 0.25) is 15.1 Å². The summed E-state index contributed by atoms with van der Waals surface area (Å²) < 4.78 is 3.59. The summed E-state index contributed by atoms with van der Waals surface area (Å²) in [6, 6.07) is 6.17. The third-order valence-electron chi connectivity index (χ3n) is 5.23. The number of rotatable bonds is 6. The van der Waals surface area contributed by atoms with Crippen molar-refractivity contribution in [2.45, 2.75) is 38.8 Å². The Kier molecular flexibility index (Phi) is 5.66. The van der Waals surface area contributed by atoms with E-state index in [1.165, 1.54) is 6.07 Å². The van der Waals surface area contributed by atoms with Gasteiger partial charge >= 0.3 is 5.97 Å². The van der Waals surface area contributed by atoms with Gasteiger partial charge in [0.1, 0.15) is 5.56 Å². The summed E-state index contributed by atoms with van der Waals surface area (Å²) in [6.07, 6.45) is 3.71. The molecular formula is C21H18Cl3N3O3. The molecule has 3 aromatic rings. The van der Waals surface area contributed by atoms with Crippen molar-refractivity contribution in [3.8, 4) is 11.3 Å². The molecule has 2 aromatic heterocycles. The van der Waals surface area contributed by atoms with Gasteiger partial charge in [-0.05, 0) is 31.9 Å². The van der Waals surface area contributed by atoms with Gasteiger partial charge < -0.3 is 9.67 Å². The predicted octanol–water partition coefficient (Wildman–Crippen LogP) is 5.32. The Balaban J connectivity index is 1.93. The van der Waals surface area contributed by atoms with Crippen molar-refractivity contribution in [2.75, 3.05) is 0 Å². The molecule has 0 radical (unpaired) electrons. The van der Waals surface area contributed by atoms with E-state index in [1.54, 1.807) is 33.6 Å². The minimum absolute atomic E-state index is 0.279. The third kappa shape index (κ3) is 3.75. The summed E-state index contributed by atoms with van der Waals surface area (Å²) in [6.45, 7) is 2.63. The third-order valence-corrected chi connectivity index (χ3v) is 6.26. The summed E-state index contributed by atoms with van der Waals surface area (Å²) in [7, 11) is 0. The van der Waals surface area contributed by atoms with Gasteiger partial charge in [-0.2, -0.15) is 5.10 Å². The van der Waals surface area contributed by atoms with Crippen LogP contribution in [0.25, 0.3) is 11.3 Å². The van der Waals surface area contributed by atoms with Gasteiger partial charge in [0.05, 0.1) is 39.2 Å². The van der Waals surface area contributed by atoms with Gasteiger partial charge in [0.25, 0.3) is 0 Å². The molecule has 9 heteroatoms.